The Morgan fingerprint density at radius 2 is 1.95 bits per heavy atom. The van der Waals surface area contributed by atoms with E-state index in [-0.39, 0.29) is 23.3 Å². The standard InChI is InChI=1S/C13H12FN3O2/c14-10-6-2-1-5-9(10)11-15-16-12(19-11)13(18)17-7-3-4-8-17/h1-2,5-6H,3-4,7-8H2. The van der Waals surface area contributed by atoms with Gasteiger partial charge in [-0.1, -0.05) is 12.1 Å². The van der Waals surface area contributed by atoms with Crippen molar-refractivity contribution in [3.05, 3.63) is 36.0 Å². The van der Waals surface area contributed by atoms with Gasteiger partial charge in [-0.2, -0.15) is 0 Å². The first-order valence-corrected chi connectivity index (χ1v) is 6.13. The van der Waals surface area contributed by atoms with E-state index in [4.69, 9.17) is 4.42 Å². The van der Waals surface area contributed by atoms with Gasteiger partial charge in [0.1, 0.15) is 5.82 Å². The van der Waals surface area contributed by atoms with Crippen LogP contribution < -0.4 is 0 Å². The van der Waals surface area contributed by atoms with E-state index < -0.39 is 5.82 Å². The van der Waals surface area contributed by atoms with Gasteiger partial charge >= 0.3 is 11.8 Å². The predicted octanol–water partition coefficient (Wildman–Crippen LogP) is 2.11. The summed E-state index contributed by atoms with van der Waals surface area (Å²) < 4.78 is 18.8. The SMILES string of the molecule is O=C(c1nnc(-c2ccccc2F)o1)N1CCCC1. The van der Waals surface area contributed by atoms with E-state index in [1.54, 1.807) is 17.0 Å². The Labute approximate surface area is 109 Å². The highest BCUT2D eigenvalue weighted by molar-refractivity contribution is 5.89. The van der Waals surface area contributed by atoms with Crippen molar-refractivity contribution < 1.29 is 13.6 Å². The average molecular weight is 261 g/mol. The Kier molecular flexibility index (Phi) is 2.98. The summed E-state index contributed by atoms with van der Waals surface area (Å²) in [5.41, 5.74) is 0.204. The number of amides is 1. The molecule has 3 rings (SSSR count). The number of benzene rings is 1. The monoisotopic (exact) mass is 261 g/mol. The summed E-state index contributed by atoms with van der Waals surface area (Å²) >= 11 is 0. The molecule has 0 N–H and O–H groups in total. The topological polar surface area (TPSA) is 59.2 Å². The summed E-state index contributed by atoms with van der Waals surface area (Å²) in [7, 11) is 0. The molecule has 0 radical (unpaired) electrons. The molecule has 0 unspecified atom stereocenters. The van der Waals surface area contributed by atoms with Gasteiger partial charge in [-0.15, -0.1) is 10.2 Å². The molecule has 1 aromatic heterocycles. The smallest absolute Gasteiger partial charge is 0.311 e. The molecule has 0 aliphatic carbocycles. The van der Waals surface area contributed by atoms with Gasteiger partial charge in [-0.25, -0.2) is 4.39 Å². The van der Waals surface area contributed by atoms with Crippen LogP contribution in [0.15, 0.2) is 28.7 Å². The van der Waals surface area contributed by atoms with Crippen LogP contribution >= 0.6 is 0 Å². The van der Waals surface area contributed by atoms with Crippen molar-refractivity contribution in [3.63, 3.8) is 0 Å². The van der Waals surface area contributed by atoms with E-state index in [0.717, 1.165) is 12.8 Å². The fraction of sp³-hybridized carbons (Fsp3) is 0.308. The zero-order chi connectivity index (χ0) is 13.2. The lowest BCUT2D eigenvalue weighted by Crippen LogP contribution is -2.27. The minimum Gasteiger partial charge on any atom is -0.412 e. The number of carbonyl (C=O) groups excluding carboxylic acids is 1. The second-order valence-electron chi connectivity index (χ2n) is 4.39. The molecule has 6 heteroatoms. The predicted molar refractivity (Wildman–Crippen MR) is 64.8 cm³/mol. The summed E-state index contributed by atoms with van der Waals surface area (Å²) in [6, 6.07) is 6.09. The van der Waals surface area contributed by atoms with Crippen LogP contribution in [-0.4, -0.2) is 34.1 Å². The number of halogens is 1. The Bertz CT molecular complexity index is 605. The summed E-state index contributed by atoms with van der Waals surface area (Å²) in [4.78, 5) is 13.7. The van der Waals surface area contributed by atoms with Crippen molar-refractivity contribution in [2.45, 2.75) is 12.8 Å². The number of likely N-dealkylation sites (tertiary alicyclic amines) is 1. The summed E-state index contributed by atoms with van der Waals surface area (Å²) in [5, 5.41) is 7.44. The molecular formula is C13H12FN3O2. The molecule has 1 aliphatic heterocycles. The summed E-state index contributed by atoms with van der Waals surface area (Å²) in [5.74, 6) is -0.792. The third kappa shape index (κ3) is 2.21. The van der Waals surface area contributed by atoms with E-state index in [1.807, 2.05) is 0 Å². The number of nitrogens with zero attached hydrogens (tertiary/aromatic N) is 3. The van der Waals surface area contributed by atoms with Gasteiger partial charge in [-0.05, 0) is 25.0 Å². The third-order valence-electron chi connectivity index (χ3n) is 3.11. The van der Waals surface area contributed by atoms with Gasteiger partial charge in [0.05, 0.1) is 5.56 Å². The van der Waals surface area contributed by atoms with E-state index in [9.17, 15) is 9.18 Å². The summed E-state index contributed by atoms with van der Waals surface area (Å²) in [6.07, 6.45) is 1.97. The number of rotatable bonds is 2. The van der Waals surface area contributed by atoms with Crippen LogP contribution in [0.3, 0.4) is 0 Å². The van der Waals surface area contributed by atoms with Gasteiger partial charge in [-0.3, -0.25) is 4.79 Å². The van der Waals surface area contributed by atoms with Crippen LogP contribution in [0.2, 0.25) is 0 Å². The maximum atomic E-state index is 13.6. The molecule has 2 aromatic rings. The zero-order valence-corrected chi connectivity index (χ0v) is 10.2. The van der Waals surface area contributed by atoms with Crippen molar-refractivity contribution >= 4 is 5.91 Å². The van der Waals surface area contributed by atoms with Crippen LogP contribution in [0.4, 0.5) is 4.39 Å². The quantitative estimate of drug-likeness (QED) is 0.830. The van der Waals surface area contributed by atoms with E-state index in [1.165, 1.54) is 12.1 Å². The van der Waals surface area contributed by atoms with Gasteiger partial charge in [0.2, 0.25) is 0 Å². The molecule has 1 saturated heterocycles. The zero-order valence-electron chi connectivity index (χ0n) is 10.2. The number of aromatic nitrogens is 2. The minimum absolute atomic E-state index is 0.0284. The second-order valence-corrected chi connectivity index (χ2v) is 4.39. The highest BCUT2D eigenvalue weighted by Crippen LogP contribution is 2.22. The van der Waals surface area contributed by atoms with Crippen molar-refractivity contribution in [2.75, 3.05) is 13.1 Å². The Morgan fingerprint density at radius 1 is 1.21 bits per heavy atom. The lowest BCUT2D eigenvalue weighted by molar-refractivity contribution is 0.0754. The van der Waals surface area contributed by atoms with Crippen molar-refractivity contribution in [1.82, 2.24) is 15.1 Å². The molecule has 0 atom stereocenters. The van der Waals surface area contributed by atoms with Crippen LogP contribution in [0.25, 0.3) is 11.5 Å². The Balaban J connectivity index is 1.87. The van der Waals surface area contributed by atoms with Crippen LogP contribution in [0.1, 0.15) is 23.5 Å². The first-order valence-electron chi connectivity index (χ1n) is 6.13. The fourth-order valence-electron chi connectivity index (χ4n) is 2.11. The van der Waals surface area contributed by atoms with E-state index in [0.29, 0.717) is 13.1 Å². The van der Waals surface area contributed by atoms with Crippen LogP contribution in [-0.2, 0) is 0 Å². The van der Waals surface area contributed by atoms with E-state index >= 15 is 0 Å². The molecule has 2 heterocycles. The molecule has 1 amide bonds. The molecular weight excluding hydrogens is 249 g/mol. The molecule has 0 saturated carbocycles. The second kappa shape index (κ2) is 4.79. The molecule has 1 aliphatic rings. The average Bonchev–Trinajstić information content (AvgIpc) is 3.10. The third-order valence-corrected chi connectivity index (χ3v) is 3.11. The number of hydrogen-bond acceptors (Lipinski definition) is 4. The van der Waals surface area contributed by atoms with Crippen molar-refractivity contribution in [3.8, 4) is 11.5 Å². The lowest BCUT2D eigenvalue weighted by Gasteiger charge is -2.11. The maximum Gasteiger partial charge on any atom is 0.311 e. The van der Waals surface area contributed by atoms with Crippen LogP contribution in [0, 0.1) is 5.82 Å². The van der Waals surface area contributed by atoms with Gasteiger partial charge in [0.25, 0.3) is 5.89 Å². The van der Waals surface area contributed by atoms with Crippen LogP contribution in [0.5, 0.6) is 0 Å². The highest BCUT2D eigenvalue weighted by atomic mass is 19.1. The molecule has 19 heavy (non-hydrogen) atoms. The van der Waals surface area contributed by atoms with Crippen molar-refractivity contribution in [2.24, 2.45) is 0 Å². The molecule has 1 fully saturated rings. The fourth-order valence-corrected chi connectivity index (χ4v) is 2.11. The number of carbonyl (C=O) groups is 1. The lowest BCUT2D eigenvalue weighted by atomic mass is 10.2. The van der Waals surface area contributed by atoms with Gasteiger partial charge in [0.15, 0.2) is 0 Å². The molecule has 0 bridgehead atoms. The van der Waals surface area contributed by atoms with Gasteiger partial charge in [0, 0.05) is 13.1 Å². The molecule has 1 aromatic carbocycles. The van der Waals surface area contributed by atoms with Crippen molar-refractivity contribution in [1.29, 1.82) is 0 Å². The minimum atomic E-state index is -0.452. The maximum absolute atomic E-state index is 13.6. The normalized spacial score (nSPS) is 14.9. The largest absolute Gasteiger partial charge is 0.412 e. The van der Waals surface area contributed by atoms with E-state index in [2.05, 4.69) is 10.2 Å². The molecule has 5 nitrogen and oxygen atoms in total. The Morgan fingerprint density at radius 3 is 2.68 bits per heavy atom. The Hall–Kier alpha value is -2.24. The highest BCUT2D eigenvalue weighted by Gasteiger charge is 2.25. The first kappa shape index (κ1) is 11.8. The molecule has 0 spiro atoms. The first-order chi connectivity index (χ1) is 9.25. The molecule has 98 valence electrons. The summed E-state index contributed by atoms with van der Waals surface area (Å²) in [6.45, 7) is 1.41. The number of hydrogen-bond donors (Lipinski definition) is 0. The van der Waals surface area contributed by atoms with Gasteiger partial charge < -0.3 is 9.32 Å².